The summed E-state index contributed by atoms with van der Waals surface area (Å²) in [5, 5.41) is 4.00. The minimum Gasteiger partial charge on any atom is -0.482 e. The summed E-state index contributed by atoms with van der Waals surface area (Å²) in [5.41, 5.74) is 1.58. The molecule has 0 bridgehead atoms. The summed E-state index contributed by atoms with van der Waals surface area (Å²) >= 11 is 12.4. The van der Waals surface area contributed by atoms with E-state index in [4.69, 9.17) is 27.9 Å². The molecule has 0 aliphatic carbocycles. The first-order valence-electron chi connectivity index (χ1n) is 7.86. The topological polar surface area (TPSA) is 41.6 Å². The Labute approximate surface area is 151 Å². The lowest BCUT2D eigenvalue weighted by Crippen LogP contribution is -2.24. The van der Waals surface area contributed by atoms with Crippen molar-refractivity contribution in [3.05, 3.63) is 52.5 Å². The van der Waals surface area contributed by atoms with Gasteiger partial charge in [-0.05, 0) is 37.1 Å². The average Bonchev–Trinajstić information content (AvgIpc) is 3.08. The summed E-state index contributed by atoms with van der Waals surface area (Å²) in [6.07, 6.45) is 2.27. The van der Waals surface area contributed by atoms with Gasteiger partial charge in [-0.3, -0.25) is 4.79 Å². The van der Waals surface area contributed by atoms with E-state index >= 15 is 0 Å². The fourth-order valence-corrected chi connectivity index (χ4v) is 3.25. The Hall–Kier alpha value is -1.91. The highest BCUT2D eigenvalue weighted by Gasteiger charge is 2.19. The van der Waals surface area contributed by atoms with E-state index in [2.05, 4.69) is 10.2 Å². The van der Waals surface area contributed by atoms with Gasteiger partial charge >= 0.3 is 0 Å². The first-order chi connectivity index (χ1) is 11.6. The molecule has 2 aromatic rings. The van der Waals surface area contributed by atoms with Crippen molar-refractivity contribution < 1.29 is 9.53 Å². The van der Waals surface area contributed by atoms with Gasteiger partial charge in [0, 0.05) is 13.1 Å². The molecule has 1 amide bonds. The first-order valence-corrected chi connectivity index (χ1v) is 8.61. The number of hydrogen-bond donors (Lipinski definition) is 1. The van der Waals surface area contributed by atoms with Gasteiger partial charge in [0.25, 0.3) is 5.91 Å². The van der Waals surface area contributed by atoms with Gasteiger partial charge in [0.05, 0.1) is 21.4 Å². The minimum atomic E-state index is -0.252. The van der Waals surface area contributed by atoms with Gasteiger partial charge in [0.2, 0.25) is 0 Å². The van der Waals surface area contributed by atoms with Crippen molar-refractivity contribution in [3.8, 4) is 5.75 Å². The second kappa shape index (κ2) is 7.77. The minimum absolute atomic E-state index is 0.115. The summed E-state index contributed by atoms with van der Waals surface area (Å²) in [5.74, 6) is 0.234. The van der Waals surface area contributed by atoms with E-state index in [1.807, 2.05) is 30.3 Å². The number of ether oxygens (including phenoxy) is 1. The molecule has 0 unspecified atom stereocenters. The van der Waals surface area contributed by atoms with Gasteiger partial charge < -0.3 is 15.0 Å². The van der Waals surface area contributed by atoms with Crippen molar-refractivity contribution in [2.24, 2.45) is 0 Å². The van der Waals surface area contributed by atoms with Gasteiger partial charge in [0.15, 0.2) is 6.61 Å². The van der Waals surface area contributed by atoms with E-state index in [0.29, 0.717) is 21.5 Å². The lowest BCUT2D eigenvalue weighted by molar-refractivity contribution is -0.118. The fourth-order valence-electron chi connectivity index (χ4n) is 2.77. The summed E-state index contributed by atoms with van der Waals surface area (Å²) < 4.78 is 5.48. The molecular formula is C18H18Cl2N2O2. The molecule has 1 N–H and O–H groups in total. The van der Waals surface area contributed by atoms with Crippen molar-refractivity contribution in [2.45, 2.75) is 12.8 Å². The van der Waals surface area contributed by atoms with Crippen LogP contribution in [0.2, 0.25) is 10.0 Å². The molecular weight excluding hydrogens is 347 g/mol. The molecule has 126 valence electrons. The van der Waals surface area contributed by atoms with Crippen LogP contribution in [-0.4, -0.2) is 25.6 Å². The van der Waals surface area contributed by atoms with E-state index in [1.54, 1.807) is 12.1 Å². The Kier molecular flexibility index (Phi) is 5.48. The lowest BCUT2D eigenvalue weighted by Gasteiger charge is -2.23. The van der Waals surface area contributed by atoms with Crippen molar-refractivity contribution in [2.75, 3.05) is 29.9 Å². The standard InChI is InChI=1S/C18H18Cl2N2O2/c19-13-6-1-2-9-16(13)24-12-17(23)21-15-8-5-7-14(20)18(15)22-10-3-4-11-22/h1-2,5-9H,3-4,10-12H2,(H,21,23). The van der Waals surface area contributed by atoms with Crippen LogP contribution in [0.4, 0.5) is 11.4 Å². The average molecular weight is 365 g/mol. The third-order valence-electron chi connectivity index (χ3n) is 3.88. The second-order valence-electron chi connectivity index (χ2n) is 5.60. The number of amides is 1. The molecule has 4 nitrogen and oxygen atoms in total. The van der Waals surface area contributed by atoms with Gasteiger partial charge in [-0.15, -0.1) is 0 Å². The van der Waals surface area contributed by atoms with Crippen LogP contribution in [0.1, 0.15) is 12.8 Å². The zero-order valence-electron chi connectivity index (χ0n) is 13.1. The van der Waals surface area contributed by atoms with Crippen LogP contribution in [0.3, 0.4) is 0 Å². The highest BCUT2D eigenvalue weighted by Crippen LogP contribution is 2.36. The molecule has 1 saturated heterocycles. The Morgan fingerprint density at radius 3 is 2.50 bits per heavy atom. The van der Waals surface area contributed by atoms with Crippen LogP contribution in [0.5, 0.6) is 5.75 Å². The maximum Gasteiger partial charge on any atom is 0.262 e. The zero-order valence-corrected chi connectivity index (χ0v) is 14.6. The second-order valence-corrected chi connectivity index (χ2v) is 6.41. The van der Waals surface area contributed by atoms with Crippen molar-refractivity contribution in [3.63, 3.8) is 0 Å². The maximum absolute atomic E-state index is 12.2. The zero-order chi connectivity index (χ0) is 16.9. The number of rotatable bonds is 5. The monoisotopic (exact) mass is 364 g/mol. The third kappa shape index (κ3) is 3.94. The number of benzene rings is 2. The normalized spacial score (nSPS) is 13.8. The number of halogens is 2. The molecule has 24 heavy (non-hydrogen) atoms. The van der Waals surface area contributed by atoms with Crippen LogP contribution >= 0.6 is 23.2 Å². The maximum atomic E-state index is 12.2. The first kappa shape index (κ1) is 16.9. The van der Waals surface area contributed by atoms with Crippen LogP contribution in [0.25, 0.3) is 0 Å². The number of anilines is 2. The predicted molar refractivity (Wildman–Crippen MR) is 98.5 cm³/mol. The van der Waals surface area contributed by atoms with Crippen molar-refractivity contribution >= 4 is 40.5 Å². The lowest BCUT2D eigenvalue weighted by atomic mass is 10.2. The SMILES string of the molecule is O=C(COc1ccccc1Cl)Nc1cccc(Cl)c1N1CCCC1. The van der Waals surface area contributed by atoms with E-state index in [1.165, 1.54) is 0 Å². The van der Waals surface area contributed by atoms with Crippen molar-refractivity contribution in [1.29, 1.82) is 0 Å². The molecule has 0 saturated carbocycles. The van der Waals surface area contributed by atoms with E-state index < -0.39 is 0 Å². The molecule has 1 fully saturated rings. The molecule has 1 aliphatic rings. The molecule has 0 atom stereocenters. The summed E-state index contributed by atoms with van der Waals surface area (Å²) in [4.78, 5) is 14.4. The number of nitrogens with zero attached hydrogens (tertiary/aromatic N) is 1. The van der Waals surface area contributed by atoms with E-state index in [-0.39, 0.29) is 12.5 Å². The highest BCUT2D eigenvalue weighted by molar-refractivity contribution is 6.34. The summed E-state index contributed by atoms with van der Waals surface area (Å²) in [7, 11) is 0. The molecule has 2 aromatic carbocycles. The highest BCUT2D eigenvalue weighted by atomic mass is 35.5. The molecule has 0 radical (unpaired) electrons. The number of para-hydroxylation sites is 2. The van der Waals surface area contributed by atoms with E-state index in [9.17, 15) is 4.79 Å². The van der Waals surface area contributed by atoms with Crippen LogP contribution < -0.4 is 15.0 Å². The van der Waals surface area contributed by atoms with E-state index in [0.717, 1.165) is 31.6 Å². The Morgan fingerprint density at radius 1 is 1.04 bits per heavy atom. The summed E-state index contributed by atoms with van der Waals surface area (Å²) in [6, 6.07) is 12.6. The molecule has 0 spiro atoms. The number of hydrogen-bond acceptors (Lipinski definition) is 3. The van der Waals surface area contributed by atoms with Crippen LogP contribution in [-0.2, 0) is 4.79 Å². The Bertz CT molecular complexity index is 731. The van der Waals surface area contributed by atoms with Gasteiger partial charge in [-0.1, -0.05) is 41.4 Å². The fraction of sp³-hybridized carbons (Fsp3) is 0.278. The van der Waals surface area contributed by atoms with Crippen LogP contribution in [0, 0.1) is 0 Å². The number of nitrogens with one attached hydrogen (secondary N) is 1. The third-order valence-corrected chi connectivity index (χ3v) is 4.50. The molecule has 1 heterocycles. The molecule has 3 rings (SSSR count). The Balaban J connectivity index is 1.68. The smallest absolute Gasteiger partial charge is 0.262 e. The van der Waals surface area contributed by atoms with Crippen molar-refractivity contribution in [1.82, 2.24) is 0 Å². The van der Waals surface area contributed by atoms with Gasteiger partial charge in [-0.25, -0.2) is 0 Å². The molecule has 1 aliphatic heterocycles. The molecule has 6 heteroatoms. The summed E-state index contributed by atoms with van der Waals surface area (Å²) in [6.45, 7) is 1.78. The van der Waals surface area contributed by atoms with Crippen LogP contribution in [0.15, 0.2) is 42.5 Å². The van der Waals surface area contributed by atoms with Gasteiger partial charge in [-0.2, -0.15) is 0 Å². The quantitative estimate of drug-likeness (QED) is 0.841. The number of carbonyl (C=O) groups is 1. The Morgan fingerprint density at radius 2 is 1.75 bits per heavy atom. The van der Waals surface area contributed by atoms with Gasteiger partial charge in [0.1, 0.15) is 5.75 Å². The predicted octanol–water partition coefficient (Wildman–Crippen LogP) is 4.61. The molecule has 0 aromatic heterocycles. The number of carbonyl (C=O) groups excluding carboxylic acids is 1. The largest absolute Gasteiger partial charge is 0.482 e.